The molecule has 0 aliphatic carbocycles. The first-order valence-corrected chi connectivity index (χ1v) is 12.1. The van der Waals surface area contributed by atoms with Crippen molar-refractivity contribution in [3.63, 3.8) is 0 Å². The molecule has 1 amide bonds. The van der Waals surface area contributed by atoms with Crippen molar-refractivity contribution < 1.29 is 28.9 Å². The lowest BCUT2D eigenvalue weighted by molar-refractivity contribution is -0.140. The van der Waals surface area contributed by atoms with Crippen LogP contribution in [0.15, 0.2) is 78.4 Å². The highest BCUT2D eigenvalue weighted by molar-refractivity contribution is 6.46. The second-order valence-corrected chi connectivity index (χ2v) is 8.89. The van der Waals surface area contributed by atoms with Gasteiger partial charge in [-0.1, -0.05) is 54.1 Å². The highest BCUT2D eigenvalue weighted by Gasteiger charge is 2.46. The fraction of sp³-hybridized carbons (Fsp3) is 0.267. The predicted octanol–water partition coefficient (Wildman–Crippen LogP) is 5.04. The Labute approximate surface area is 216 Å². The van der Waals surface area contributed by atoms with Crippen molar-refractivity contribution in [3.8, 4) is 11.5 Å². The number of Topliss-reactive ketones (excluding diaryl/α,β-unsaturated/α-hetero) is 1. The highest BCUT2D eigenvalue weighted by atomic mass is 16.5. The molecule has 3 aromatic carbocycles. The number of benzene rings is 3. The minimum absolute atomic E-state index is 0.0317. The molecule has 37 heavy (non-hydrogen) atoms. The van der Waals surface area contributed by atoms with Crippen molar-refractivity contribution in [2.75, 3.05) is 27.4 Å². The summed E-state index contributed by atoms with van der Waals surface area (Å²) in [4.78, 5) is 27.9. The number of carbonyl (C=O) groups excluding carboxylic acids is 2. The Morgan fingerprint density at radius 2 is 1.70 bits per heavy atom. The van der Waals surface area contributed by atoms with Gasteiger partial charge in [0, 0.05) is 20.3 Å². The molecular weight excluding hydrogens is 470 g/mol. The Bertz CT molecular complexity index is 1280. The van der Waals surface area contributed by atoms with Gasteiger partial charge >= 0.3 is 0 Å². The first kappa shape index (κ1) is 26.0. The number of aryl methyl sites for hydroxylation is 1. The standard InChI is InChI=1S/C30H31NO6/c1-20-10-15-25(36-3)24(18-20)28(32)26-27(31(16-7-17-35-2)30(34)29(26)33)22-11-13-23(14-12-22)37-19-21-8-5-4-6-9-21/h4-6,8-15,18,27,32H,7,16-17,19H2,1-3H3/b28-26+. The normalized spacial score (nSPS) is 16.7. The average molecular weight is 502 g/mol. The maximum atomic E-state index is 13.3. The minimum Gasteiger partial charge on any atom is -0.507 e. The lowest BCUT2D eigenvalue weighted by Crippen LogP contribution is -2.31. The number of methoxy groups -OCH3 is 2. The largest absolute Gasteiger partial charge is 0.507 e. The monoisotopic (exact) mass is 501 g/mol. The number of nitrogens with zero attached hydrogens (tertiary/aromatic N) is 1. The number of hydrogen-bond donors (Lipinski definition) is 1. The molecule has 7 heteroatoms. The number of ketones is 1. The third-order valence-corrected chi connectivity index (χ3v) is 6.34. The molecule has 1 aliphatic heterocycles. The van der Waals surface area contributed by atoms with Gasteiger partial charge in [0.1, 0.15) is 23.9 Å². The topological polar surface area (TPSA) is 85.3 Å². The number of carbonyl (C=O) groups is 2. The van der Waals surface area contributed by atoms with E-state index in [2.05, 4.69) is 0 Å². The molecule has 3 aromatic rings. The molecule has 0 saturated carbocycles. The Morgan fingerprint density at radius 1 is 0.973 bits per heavy atom. The van der Waals surface area contributed by atoms with Crippen LogP contribution in [0.1, 0.15) is 34.7 Å². The van der Waals surface area contributed by atoms with Crippen molar-refractivity contribution in [2.45, 2.75) is 26.0 Å². The first-order chi connectivity index (χ1) is 17.9. The minimum atomic E-state index is -0.759. The number of aliphatic hydroxyl groups is 1. The van der Waals surface area contributed by atoms with Crippen molar-refractivity contribution in [2.24, 2.45) is 0 Å². The average Bonchev–Trinajstić information content (AvgIpc) is 3.17. The van der Waals surface area contributed by atoms with Gasteiger partial charge in [0.2, 0.25) is 0 Å². The van der Waals surface area contributed by atoms with Crippen LogP contribution in [0.25, 0.3) is 5.76 Å². The first-order valence-electron chi connectivity index (χ1n) is 12.1. The number of rotatable bonds is 10. The van der Waals surface area contributed by atoms with Gasteiger partial charge in [-0.15, -0.1) is 0 Å². The van der Waals surface area contributed by atoms with Gasteiger partial charge in [-0.2, -0.15) is 0 Å². The molecule has 0 spiro atoms. The summed E-state index contributed by atoms with van der Waals surface area (Å²) < 4.78 is 16.5. The summed E-state index contributed by atoms with van der Waals surface area (Å²) in [6.45, 7) is 3.04. The van der Waals surface area contributed by atoms with E-state index in [1.54, 1.807) is 31.4 Å². The van der Waals surface area contributed by atoms with Gasteiger partial charge in [-0.25, -0.2) is 0 Å². The van der Waals surface area contributed by atoms with E-state index < -0.39 is 17.7 Å². The molecular formula is C30H31NO6. The summed E-state index contributed by atoms with van der Waals surface area (Å²) in [6, 6.07) is 21.7. The van der Waals surface area contributed by atoms with Crippen LogP contribution >= 0.6 is 0 Å². The van der Waals surface area contributed by atoms with E-state index in [0.29, 0.717) is 48.8 Å². The predicted molar refractivity (Wildman–Crippen MR) is 140 cm³/mol. The highest BCUT2D eigenvalue weighted by Crippen LogP contribution is 2.41. The number of amides is 1. The third-order valence-electron chi connectivity index (χ3n) is 6.34. The SMILES string of the molecule is COCCCN1C(=O)C(=O)/C(=C(/O)c2cc(C)ccc2OC)C1c1ccc(OCc2ccccc2)cc1. The number of hydrogen-bond acceptors (Lipinski definition) is 6. The van der Waals surface area contributed by atoms with Crippen LogP contribution in [-0.4, -0.2) is 49.1 Å². The van der Waals surface area contributed by atoms with Crippen molar-refractivity contribution in [1.82, 2.24) is 4.90 Å². The summed E-state index contributed by atoms with van der Waals surface area (Å²) in [7, 11) is 3.08. The summed E-state index contributed by atoms with van der Waals surface area (Å²) in [6.07, 6.45) is 0.548. The second kappa shape index (κ2) is 11.8. The Hall–Kier alpha value is -4.10. The van der Waals surface area contributed by atoms with Crippen LogP contribution in [0.4, 0.5) is 0 Å². The Balaban J connectivity index is 1.72. The smallest absolute Gasteiger partial charge is 0.295 e. The summed E-state index contributed by atoms with van der Waals surface area (Å²) >= 11 is 0. The Kier molecular flexibility index (Phi) is 8.25. The molecule has 1 fully saturated rings. The fourth-order valence-corrected chi connectivity index (χ4v) is 4.48. The van der Waals surface area contributed by atoms with Crippen molar-refractivity contribution >= 4 is 17.4 Å². The van der Waals surface area contributed by atoms with E-state index >= 15 is 0 Å². The lowest BCUT2D eigenvalue weighted by Gasteiger charge is -2.25. The summed E-state index contributed by atoms with van der Waals surface area (Å²) in [5.74, 6) is -0.574. The number of likely N-dealkylation sites (tertiary alicyclic amines) is 1. The molecule has 7 nitrogen and oxygen atoms in total. The van der Waals surface area contributed by atoms with Crippen LogP contribution in [0, 0.1) is 6.92 Å². The molecule has 1 unspecified atom stereocenters. The van der Waals surface area contributed by atoms with Crippen LogP contribution in [0.3, 0.4) is 0 Å². The van der Waals surface area contributed by atoms with E-state index in [-0.39, 0.29) is 11.3 Å². The van der Waals surface area contributed by atoms with Gasteiger partial charge in [-0.05, 0) is 48.7 Å². The fourth-order valence-electron chi connectivity index (χ4n) is 4.48. The molecule has 1 aliphatic rings. The van der Waals surface area contributed by atoms with Gasteiger partial charge in [0.05, 0.1) is 24.3 Å². The van der Waals surface area contributed by atoms with Crippen molar-refractivity contribution in [1.29, 1.82) is 0 Å². The summed E-state index contributed by atoms with van der Waals surface area (Å²) in [5.41, 5.74) is 3.02. The van der Waals surface area contributed by atoms with Gasteiger partial charge in [0.15, 0.2) is 0 Å². The maximum absolute atomic E-state index is 13.3. The van der Waals surface area contributed by atoms with Gasteiger partial charge in [0.25, 0.3) is 11.7 Å². The lowest BCUT2D eigenvalue weighted by atomic mass is 9.94. The van der Waals surface area contributed by atoms with Gasteiger partial charge in [-0.3, -0.25) is 9.59 Å². The number of aliphatic hydroxyl groups excluding tert-OH is 1. The molecule has 1 N–H and O–H groups in total. The zero-order chi connectivity index (χ0) is 26.4. The van der Waals surface area contributed by atoms with E-state index in [0.717, 1.165) is 11.1 Å². The molecule has 1 saturated heterocycles. The molecule has 0 bridgehead atoms. The van der Waals surface area contributed by atoms with Crippen LogP contribution in [0.5, 0.6) is 11.5 Å². The maximum Gasteiger partial charge on any atom is 0.295 e. The second-order valence-electron chi connectivity index (χ2n) is 8.89. The quantitative estimate of drug-likeness (QED) is 0.181. The zero-order valence-corrected chi connectivity index (χ0v) is 21.3. The molecule has 0 radical (unpaired) electrons. The summed E-state index contributed by atoms with van der Waals surface area (Å²) in [5, 5.41) is 11.4. The van der Waals surface area contributed by atoms with E-state index in [9.17, 15) is 14.7 Å². The van der Waals surface area contributed by atoms with Crippen LogP contribution in [0.2, 0.25) is 0 Å². The number of ether oxygens (including phenoxy) is 3. The third kappa shape index (κ3) is 5.67. The zero-order valence-electron chi connectivity index (χ0n) is 21.3. The molecule has 4 rings (SSSR count). The molecule has 192 valence electrons. The van der Waals surface area contributed by atoms with Crippen LogP contribution in [-0.2, 0) is 20.9 Å². The van der Waals surface area contributed by atoms with Gasteiger partial charge < -0.3 is 24.2 Å². The van der Waals surface area contributed by atoms with E-state index in [4.69, 9.17) is 14.2 Å². The van der Waals surface area contributed by atoms with E-state index in [1.807, 2.05) is 55.5 Å². The molecule has 0 aromatic heterocycles. The van der Waals surface area contributed by atoms with Crippen molar-refractivity contribution in [3.05, 3.63) is 101 Å². The van der Waals surface area contributed by atoms with Crippen LogP contribution < -0.4 is 9.47 Å². The van der Waals surface area contributed by atoms with E-state index in [1.165, 1.54) is 12.0 Å². The molecule has 1 atom stereocenters. The Morgan fingerprint density at radius 3 is 2.38 bits per heavy atom. The molecule has 1 heterocycles.